The molecule has 4 aromatic heterocycles. The van der Waals surface area contributed by atoms with E-state index in [1.165, 1.54) is 4.80 Å². The first kappa shape index (κ1) is 19.5. The monoisotopic (exact) mass is 439 g/mol. The molecular formula is C23H21N9O. The standard InChI is InChI=1S/C23H21N9O/c1-30-20(17-7-9-24-10-8-17)26-19-21(30)27-23(28-22(19)31-11-13-33-14-12-31)32-25-15-18(29-32)16-5-3-2-4-6-16/h2-10,15H,11-14H2,1H3. The molecule has 0 atom stereocenters. The van der Waals surface area contributed by atoms with Crippen LogP contribution in [0.15, 0.2) is 61.1 Å². The lowest BCUT2D eigenvalue weighted by Gasteiger charge is -2.27. The predicted octanol–water partition coefficient (Wildman–Crippen LogP) is 2.51. The second-order valence-electron chi connectivity index (χ2n) is 7.73. The van der Waals surface area contributed by atoms with Crippen molar-refractivity contribution in [3.05, 3.63) is 61.1 Å². The molecule has 1 aliphatic rings. The number of hydrogen-bond acceptors (Lipinski definition) is 8. The maximum absolute atomic E-state index is 5.55. The molecule has 0 spiro atoms. The summed E-state index contributed by atoms with van der Waals surface area (Å²) >= 11 is 0. The molecule has 5 heterocycles. The Balaban J connectivity index is 1.52. The molecule has 0 saturated carbocycles. The average Bonchev–Trinajstić information content (AvgIpc) is 3.51. The Morgan fingerprint density at radius 1 is 0.879 bits per heavy atom. The van der Waals surface area contributed by atoms with E-state index in [1.807, 2.05) is 54.1 Å². The molecule has 1 fully saturated rings. The minimum atomic E-state index is 0.399. The van der Waals surface area contributed by atoms with Gasteiger partial charge in [-0.15, -0.1) is 9.90 Å². The topological polar surface area (TPSA) is 99.7 Å². The Kier molecular flexibility index (Phi) is 4.76. The number of anilines is 1. The van der Waals surface area contributed by atoms with E-state index in [9.17, 15) is 0 Å². The first-order valence-corrected chi connectivity index (χ1v) is 10.7. The summed E-state index contributed by atoms with van der Waals surface area (Å²) in [4.78, 5) is 22.4. The maximum atomic E-state index is 5.55. The number of aromatic nitrogens is 8. The molecule has 1 saturated heterocycles. The largest absolute Gasteiger partial charge is 0.378 e. The van der Waals surface area contributed by atoms with Crippen molar-refractivity contribution in [2.45, 2.75) is 0 Å². The number of aryl methyl sites for hydroxylation is 1. The zero-order valence-electron chi connectivity index (χ0n) is 18.0. The number of ether oxygens (including phenoxy) is 1. The Morgan fingerprint density at radius 2 is 1.67 bits per heavy atom. The fourth-order valence-electron chi connectivity index (χ4n) is 3.98. The van der Waals surface area contributed by atoms with Gasteiger partial charge in [0.2, 0.25) is 0 Å². The fraction of sp³-hybridized carbons (Fsp3) is 0.217. The van der Waals surface area contributed by atoms with Crippen molar-refractivity contribution in [1.29, 1.82) is 0 Å². The molecule has 5 aromatic rings. The first-order valence-electron chi connectivity index (χ1n) is 10.7. The quantitative estimate of drug-likeness (QED) is 0.421. The second kappa shape index (κ2) is 8.06. The molecule has 1 aliphatic heterocycles. The van der Waals surface area contributed by atoms with Gasteiger partial charge in [0.1, 0.15) is 11.5 Å². The molecule has 164 valence electrons. The van der Waals surface area contributed by atoms with E-state index < -0.39 is 0 Å². The summed E-state index contributed by atoms with van der Waals surface area (Å²) < 4.78 is 7.52. The highest BCUT2D eigenvalue weighted by Gasteiger charge is 2.23. The van der Waals surface area contributed by atoms with Gasteiger partial charge in [0.25, 0.3) is 5.95 Å². The van der Waals surface area contributed by atoms with Gasteiger partial charge in [-0.25, -0.2) is 4.98 Å². The maximum Gasteiger partial charge on any atom is 0.272 e. The number of pyridine rings is 1. The Labute approximate surface area is 189 Å². The van der Waals surface area contributed by atoms with Crippen molar-refractivity contribution in [2.24, 2.45) is 7.05 Å². The van der Waals surface area contributed by atoms with Crippen molar-refractivity contribution in [2.75, 3.05) is 31.2 Å². The van der Waals surface area contributed by atoms with E-state index in [-0.39, 0.29) is 0 Å². The second-order valence-corrected chi connectivity index (χ2v) is 7.73. The molecule has 10 heteroatoms. The van der Waals surface area contributed by atoms with Crippen LogP contribution in [0, 0.1) is 0 Å². The molecule has 0 amide bonds. The Morgan fingerprint density at radius 3 is 2.45 bits per heavy atom. The van der Waals surface area contributed by atoms with Gasteiger partial charge in [0.05, 0.1) is 19.4 Å². The lowest BCUT2D eigenvalue weighted by molar-refractivity contribution is 0.122. The highest BCUT2D eigenvalue weighted by Crippen LogP contribution is 2.29. The normalized spacial score (nSPS) is 14.2. The summed E-state index contributed by atoms with van der Waals surface area (Å²) in [5, 5.41) is 9.09. The molecule has 0 unspecified atom stereocenters. The van der Waals surface area contributed by atoms with E-state index in [4.69, 9.17) is 19.7 Å². The minimum absolute atomic E-state index is 0.399. The van der Waals surface area contributed by atoms with E-state index in [0.717, 1.165) is 47.1 Å². The van der Waals surface area contributed by atoms with Crippen molar-refractivity contribution in [3.63, 3.8) is 0 Å². The van der Waals surface area contributed by atoms with Crippen LogP contribution in [0.5, 0.6) is 0 Å². The van der Waals surface area contributed by atoms with Crippen LogP contribution < -0.4 is 4.90 Å². The van der Waals surface area contributed by atoms with Crippen molar-refractivity contribution in [3.8, 4) is 28.6 Å². The average molecular weight is 439 g/mol. The van der Waals surface area contributed by atoms with Gasteiger partial charge in [-0.1, -0.05) is 30.3 Å². The molecule has 33 heavy (non-hydrogen) atoms. The summed E-state index contributed by atoms with van der Waals surface area (Å²) in [6.45, 7) is 2.75. The zero-order chi connectivity index (χ0) is 22.2. The van der Waals surface area contributed by atoms with E-state index in [0.29, 0.717) is 24.8 Å². The van der Waals surface area contributed by atoms with Crippen LogP contribution in [0.25, 0.3) is 39.8 Å². The third-order valence-corrected chi connectivity index (χ3v) is 5.68. The fourth-order valence-corrected chi connectivity index (χ4v) is 3.98. The molecule has 0 N–H and O–H groups in total. The Hall–Kier alpha value is -4.18. The molecule has 6 rings (SSSR count). The first-order chi connectivity index (χ1) is 16.3. The van der Waals surface area contributed by atoms with Crippen LogP contribution in [0.2, 0.25) is 0 Å². The van der Waals surface area contributed by atoms with Crippen molar-refractivity contribution in [1.82, 2.24) is 39.5 Å². The number of nitrogens with zero attached hydrogens (tertiary/aromatic N) is 9. The van der Waals surface area contributed by atoms with Gasteiger partial charge < -0.3 is 14.2 Å². The molecule has 1 aromatic carbocycles. The number of hydrogen-bond donors (Lipinski definition) is 0. The van der Waals surface area contributed by atoms with Gasteiger partial charge in [0.15, 0.2) is 17.0 Å². The number of morpholine rings is 1. The minimum Gasteiger partial charge on any atom is -0.378 e. The Bertz CT molecular complexity index is 1410. The van der Waals surface area contributed by atoms with Crippen molar-refractivity contribution < 1.29 is 4.74 Å². The van der Waals surface area contributed by atoms with E-state index in [2.05, 4.69) is 20.1 Å². The number of rotatable bonds is 4. The highest BCUT2D eigenvalue weighted by atomic mass is 16.5. The van der Waals surface area contributed by atoms with E-state index >= 15 is 0 Å². The van der Waals surface area contributed by atoms with Gasteiger partial charge in [0, 0.05) is 43.7 Å². The van der Waals surface area contributed by atoms with Crippen LogP contribution in [0.3, 0.4) is 0 Å². The molecular weight excluding hydrogens is 418 g/mol. The SMILES string of the molecule is Cn1c(-c2ccncc2)nc2c(N3CCOCC3)nc(-n3ncc(-c4ccccc4)n3)nc21. The third kappa shape index (κ3) is 3.50. The van der Waals surface area contributed by atoms with Crippen LogP contribution in [-0.2, 0) is 11.8 Å². The highest BCUT2D eigenvalue weighted by molar-refractivity contribution is 5.87. The van der Waals surface area contributed by atoms with Gasteiger partial charge in [-0.2, -0.15) is 15.1 Å². The van der Waals surface area contributed by atoms with Crippen LogP contribution in [0.1, 0.15) is 0 Å². The molecule has 0 bridgehead atoms. The molecule has 0 radical (unpaired) electrons. The van der Waals surface area contributed by atoms with Crippen LogP contribution in [-0.4, -0.2) is 65.8 Å². The van der Waals surface area contributed by atoms with Gasteiger partial charge in [-0.05, 0) is 12.1 Å². The van der Waals surface area contributed by atoms with Gasteiger partial charge in [-0.3, -0.25) is 4.98 Å². The summed E-state index contributed by atoms with van der Waals surface area (Å²) in [6, 6.07) is 13.8. The summed E-state index contributed by atoms with van der Waals surface area (Å²) in [6.07, 6.45) is 5.24. The van der Waals surface area contributed by atoms with Crippen LogP contribution in [0.4, 0.5) is 5.82 Å². The van der Waals surface area contributed by atoms with E-state index in [1.54, 1.807) is 18.6 Å². The molecule has 10 nitrogen and oxygen atoms in total. The summed E-state index contributed by atoms with van der Waals surface area (Å²) in [5.41, 5.74) is 4.16. The summed E-state index contributed by atoms with van der Waals surface area (Å²) in [7, 11) is 1.96. The summed E-state index contributed by atoms with van der Waals surface area (Å²) in [5.74, 6) is 1.95. The number of benzene rings is 1. The van der Waals surface area contributed by atoms with Crippen molar-refractivity contribution >= 4 is 17.0 Å². The number of imidazole rings is 1. The predicted molar refractivity (Wildman–Crippen MR) is 123 cm³/mol. The third-order valence-electron chi connectivity index (χ3n) is 5.68. The lowest BCUT2D eigenvalue weighted by Crippen LogP contribution is -2.37. The molecule has 0 aliphatic carbocycles. The van der Waals surface area contributed by atoms with Crippen LogP contribution >= 0.6 is 0 Å². The van der Waals surface area contributed by atoms with Gasteiger partial charge >= 0.3 is 0 Å². The lowest BCUT2D eigenvalue weighted by atomic mass is 10.2. The number of fused-ring (bicyclic) bond motifs is 1. The smallest absolute Gasteiger partial charge is 0.272 e. The zero-order valence-corrected chi connectivity index (χ0v) is 18.0.